The van der Waals surface area contributed by atoms with Crippen molar-refractivity contribution in [2.45, 2.75) is 45.2 Å². The van der Waals surface area contributed by atoms with Crippen molar-refractivity contribution >= 4 is 11.3 Å². The van der Waals surface area contributed by atoms with E-state index in [1.807, 2.05) is 17.5 Å². The van der Waals surface area contributed by atoms with Crippen LogP contribution in [0.1, 0.15) is 46.9 Å². The van der Waals surface area contributed by atoms with Gasteiger partial charge in [0, 0.05) is 22.5 Å². The molecule has 2 aromatic heterocycles. The molecule has 1 aliphatic carbocycles. The van der Waals surface area contributed by atoms with E-state index in [0.29, 0.717) is 6.54 Å². The Morgan fingerprint density at radius 3 is 2.84 bits per heavy atom. The zero-order valence-electron chi connectivity index (χ0n) is 14.2. The number of rotatable bonds is 5. The predicted octanol–water partition coefficient (Wildman–Crippen LogP) is 4.40. The molecule has 4 nitrogen and oxygen atoms in total. The summed E-state index contributed by atoms with van der Waals surface area (Å²) in [5, 5.41) is 11.9. The summed E-state index contributed by atoms with van der Waals surface area (Å²) in [6, 6.07) is 6.67. The van der Waals surface area contributed by atoms with Crippen molar-refractivity contribution < 1.29 is 4.39 Å². The summed E-state index contributed by atoms with van der Waals surface area (Å²) in [4.78, 5) is 6.29. The van der Waals surface area contributed by atoms with E-state index in [9.17, 15) is 4.39 Å². The molecule has 3 aromatic rings. The van der Waals surface area contributed by atoms with E-state index < -0.39 is 0 Å². The highest BCUT2D eigenvalue weighted by atomic mass is 32.1. The summed E-state index contributed by atoms with van der Waals surface area (Å²) in [7, 11) is 0. The fourth-order valence-corrected chi connectivity index (χ4v) is 4.40. The Kier molecular flexibility index (Phi) is 4.63. The second-order valence-corrected chi connectivity index (χ2v) is 7.62. The fourth-order valence-electron chi connectivity index (χ4n) is 3.22. The van der Waals surface area contributed by atoms with E-state index in [1.165, 1.54) is 47.0 Å². The highest BCUT2D eigenvalue weighted by molar-refractivity contribution is 7.11. The number of thiazole rings is 1. The molecule has 25 heavy (non-hydrogen) atoms. The molecular formula is C19H21FN4S. The Morgan fingerprint density at radius 1 is 1.24 bits per heavy atom. The first kappa shape index (κ1) is 16.4. The summed E-state index contributed by atoms with van der Waals surface area (Å²) in [5.41, 5.74) is 4.24. The number of aryl methyl sites for hydroxylation is 2. The van der Waals surface area contributed by atoms with Crippen LogP contribution in [0.3, 0.4) is 0 Å². The number of nitrogens with zero attached hydrogens (tertiary/aromatic N) is 2. The van der Waals surface area contributed by atoms with Gasteiger partial charge in [-0.2, -0.15) is 5.10 Å². The van der Waals surface area contributed by atoms with E-state index in [2.05, 4.69) is 22.4 Å². The van der Waals surface area contributed by atoms with Crippen LogP contribution >= 0.6 is 11.3 Å². The van der Waals surface area contributed by atoms with Crippen LogP contribution in [-0.2, 0) is 19.4 Å². The Balaban J connectivity index is 1.46. The number of nitrogens with one attached hydrogen (secondary N) is 2. The van der Waals surface area contributed by atoms with Gasteiger partial charge in [0.15, 0.2) is 0 Å². The molecule has 130 valence electrons. The van der Waals surface area contributed by atoms with Crippen LogP contribution in [-0.4, -0.2) is 15.2 Å². The number of halogens is 1. The first-order chi connectivity index (χ1) is 12.2. The van der Waals surface area contributed by atoms with Crippen LogP contribution in [0.15, 0.2) is 30.5 Å². The molecule has 6 heteroatoms. The lowest BCUT2D eigenvalue weighted by atomic mass is 10.0. The number of aromatic amines is 1. The predicted molar refractivity (Wildman–Crippen MR) is 98.0 cm³/mol. The first-order valence-corrected chi connectivity index (χ1v) is 9.52. The van der Waals surface area contributed by atoms with Crippen LogP contribution in [0.2, 0.25) is 0 Å². The Hall–Kier alpha value is -2.05. The second-order valence-electron chi connectivity index (χ2n) is 6.51. The van der Waals surface area contributed by atoms with Gasteiger partial charge in [0.25, 0.3) is 0 Å². The van der Waals surface area contributed by atoms with Gasteiger partial charge < -0.3 is 5.32 Å². The summed E-state index contributed by atoms with van der Waals surface area (Å²) >= 11 is 1.84. The van der Waals surface area contributed by atoms with Crippen molar-refractivity contribution in [3.63, 3.8) is 0 Å². The van der Waals surface area contributed by atoms with Crippen molar-refractivity contribution in [1.29, 1.82) is 0 Å². The maximum atomic E-state index is 13.1. The van der Waals surface area contributed by atoms with Gasteiger partial charge in [0.1, 0.15) is 10.8 Å². The number of aromatic nitrogens is 3. The topological polar surface area (TPSA) is 53.6 Å². The molecule has 0 bridgehead atoms. The molecule has 1 aromatic carbocycles. The van der Waals surface area contributed by atoms with Gasteiger partial charge in [-0.05, 0) is 56.9 Å². The lowest BCUT2D eigenvalue weighted by Crippen LogP contribution is -2.18. The molecule has 1 atom stereocenters. The van der Waals surface area contributed by atoms with Gasteiger partial charge in [0.2, 0.25) is 0 Å². The van der Waals surface area contributed by atoms with E-state index in [-0.39, 0.29) is 11.9 Å². The molecule has 0 saturated carbocycles. The summed E-state index contributed by atoms with van der Waals surface area (Å²) in [6.07, 6.45) is 6.66. The molecule has 0 saturated heterocycles. The van der Waals surface area contributed by atoms with Crippen LogP contribution in [0.4, 0.5) is 4.39 Å². The third-order valence-electron chi connectivity index (χ3n) is 4.68. The molecule has 1 aliphatic rings. The molecule has 0 unspecified atom stereocenters. The van der Waals surface area contributed by atoms with Crippen molar-refractivity contribution in [1.82, 2.24) is 20.5 Å². The molecule has 0 spiro atoms. The number of H-pyrrole nitrogens is 1. The van der Waals surface area contributed by atoms with Gasteiger partial charge in [0.05, 0.1) is 23.6 Å². The SMILES string of the molecule is C[C@@H](NCc1cn[nH]c1-c1ccc(F)cc1)c1nc2c(s1)CCCC2. The first-order valence-electron chi connectivity index (χ1n) is 8.71. The van der Waals surface area contributed by atoms with Crippen molar-refractivity contribution in [2.24, 2.45) is 0 Å². The normalized spacial score (nSPS) is 15.1. The Labute approximate surface area is 150 Å². The second kappa shape index (κ2) is 7.06. The smallest absolute Gasteiger partial charge is 0.123 e. The van der Waals surface area contributed by atoms with Gasteiger partial charge >= 0.3 is 0 Å². The van der Waals surface area contributed by atoms with E-state index >= 15 is 0 Å². The lowest BCUT2D eigenvalue weighted by molar-refractivity contribution is 0.569. The summed E-state index contributed by atoms with van der Waals surface area (Å²) < 4.78 is 13.1. The van der Waals surface area contributed by atoms with E-state index in [0.717, 1.165) is 23.2 Å². The van der Waals surface area contributed by atoms with E-state index in [1.54, 1.807) is 12.1 Å². The molecule has 4 rings (SSSR count). The van der Waals surface area contributed by atoms with Crippen molar-refractivity contribution in [2.75, 3.05) is 0 Å². The average Bonchev–Trinajstić information content (AvgIpc) is 3.27. The fraction of sp³-hybridized carbons (Fsp3) is 0.368. The zero-order valence-corrected chi connectivity index (χ0v) is 15.0. The lowest BCUT2D eigenvalue weighted by Gasteiger charge is -2.11. The number of fused-ring (bicyclic) bond motifs is 1. The minimum atomic E-state index is -0.232. The quantitative estimate of drug-likeness (QED) is 0.712. The van der Waals surface area contributed by atoms with Gasteiger partial charge in [-0.1, -0.05) is 0 Å². The molecule has 2 N–H and O–H groups in total. The minimum absolute atomic E-state index is 0.201. The third kappa shape index (κ3) is 3.50. The van der Waals surface area contributed by atoms with Gasteiger partial charge in [-0.3, -0.25) is 5.10 Å². The van der Waals surface area contributed by atoms with Crippen molar-refractivity contribution in [3.05, 3.63) is 57.4 Å². The summed E-state index contributed by atoms with van der Waals surface area (Å²) in [6.45, 7) is 2.84. The number of hydrogen-bond acceptors (Lipinski definition) is 4. The molecule has 0 aliphatic heterocycles. The standard InChI is InChI=1S/C19H21FN4S/c1-12(19-23-16-4-2-3-5-17(16)25-19)21-10-14-11-22-24-18(14)13-6-8-15(20)9-7-13/h6-9,11-12,21H,2-5,10H2,1H3,(H,22,24)/t12-/m1/s1. The van der Waals surface area contributed by atoms with Crippen LogP contribution in [0.5, 0.6) is 0 Å². The van der Waals surface area contributed by atoms with Crippen LogP contribution in [0.25, 0.3) is 11.3 Å². The van der Waals surface area contributed by atoms with Crippen LogP contribution in [0, 0.1) is 5.82 Å². The highest BCUT2D eigenvalue weighted by Gasteiger charge is 2.18. The molecular weight excluding hydrogens is 335 g/mol. The maximum Gasteiger partial charge on any atom is 0.123 e. The number of benzene rings is 1. The highest BCUT2D eigenvalue weighted by Crippen LogP contribution is 2.30. The zero-order chi connectivity index (χ0) is 17.2. The van der Waals surface area contributed by atoms with Gasteiger partial charge in [-0.25, -0.2) is 9.37 Å². The molecule has 0 fully saturated rings. The minimum Gasteiger partial charge on any atom is -0.304 e. The van der Waals surface area contributed by atoms with Crippen molar-refractivity contribution in [3.8, 4) is 11.3 Å². The maximum absolute atomic E-state index is 13.1. The number of hydrogen-bond donors (Lipinski definition) is 2. The third-order valence-corrected chi connectivity index (χ3v) is 6.02. The van der Waals surface area contributed by atoms with E-state index in [4.69, 9.17) is 4.98 Å². The Morgan fingerprint density at radius 2 is 2.04 bits per heavy atom. The monoisotopic (exact) mass is 356 g/mol. The Bertz CT molecular complexity index is 829. The summed E-state index contributed by atoms with van der Waals surface area (Å²) in [5.74, 6) is -0.232. The molecule has 2 heterocycles. The molecule has 0 amide bonds. The average molecular weight is 356 g/mol. The van der Waals surface area contributed by atoms with Gasteiger partial charge in [-0.15, -0.1) is 11.3 Å². The molecule has 0 radical (unpaired) electrons. The largest absolute Gasteiger partial charge is 0.304 e. The van der Waals surface area contributed by atoms with Crippen LogP contribution < -0.4 is 5.32 Å².